The second-order valence-electron chi connectivity index (χ2n) is 4.00. The largest absolute Gasteiger partial charge is 0.469 e. The highest BCUT2D eigenvalue weighted by Gasteiger charge is 2.12. The maximum atomic E-state index is 11.7. The average Bonchev–Trinajstić information content (AvgIpc) is 2.85. The van der Waals surface area contributed by atoms with Crippen LogP contribution in [-0.2, 0) is 9.53 Å². The molecule has 0 saturated heterocycles. The van der Waals surface area contributed by atoms with Gasteiger partial charge >= 0.3 is 5.97 Å². The highest BCUT2D eigenvalue weighted by molar-refractivity contribution is 6.05. The summed E-state index contributed by atoms with van der Waals surface area (Å²) in [5.74, 6) is -0.818. The molecule has 6 heteroatoms. The molecule has 0 aliphatic heterocycles. The van der Waals surface area contributed by atoms with Gasteiger partial charge in [-0.05, 0) is 31.2 Å². The Balaban J connectivity index is 2.14. The molecule has 19 heavy (non-hydrogen) atoms. The smallest absolute Gasteiger partial charge is 0.313 e. The van der Waals surface area contributed by atoms with Crippen LogP contribution in [0.4, 0.5) is 0 Å². The van der Waals surface area contributed by atoms with Crippen molar-refractivity contribution in [2.45, 2.75) is 13.3 Å². The normalized spacial score (nSPS) is 10.2. The summed E-state index contributed by atoms with van der Waals surface area (Å²) in [7, 11) is 1.25. The number of ether oxygens (including phenoxy) is 1. The van der Waals surface area contributed by atoms with E-state index in [0.29, 0.717) is 5.56 Å². The van der Waals surface area contributed by atoms with Crippen molar-refractivity contribution in [1.82, 2.24) is 15.0 Å². The molecule has 0 atom stereocenters. The van der Waals surface area contributed by atoms with Gasteiger partial charge in [-0.3, -0.25) is 9.59 Å². The zero-order valence-electron chi connectivity index (χ0n) is 10.7. The van der Waals surface area contributed by atoms with E-state index in [1.54, 1.807) is 30.5 Å². The topological polar surface area (TPSA) is 74.1 Å². The standard InChI is InChI=1S/C13H13N3O3/c1-9-8-14-16(15-9)11-5-3-10(4-6-11)12(17)7-13(18)19-2/h3-6,8H,7H2,1-2H3. The number of Topliss-reactive ketones (excluding diaryl/α,β-unsaturated/α-hetero) is 1. The Morgan fingerprint density at radius 2 is 1.95 bits per heavy atom. The predicted octanol–water partition coefficient (Wildman–Crippen LogP) is 1.32. The highest BCUT2D eigenvalue weighted by atomic mass is 16.5. The fourth-order valence-corrected chi connectivity index (χ4v) is 1.55. The molecule has 0 aliphatic carbocycles. The first-order valence-corrected chi connectivity index (χ1v) is 5.69. The molecular weight excluding hydrogens is 246 g/mol. The van der Waals surface area contributed by atoms with E-state index < -0.39 is 5.97 Å². The van der Waals surface area contributed by atoms with Gasteiger partial charge in [-0.2, -0.15) is 15.0 Å². The Bertz CT molecular complexity index is 602. The first-order valence-electron chi connectivity index (χ1n) is 5.69. The lowest BCUT2D eigenvalue weighted by Crippen LogP contribution is -2.09. The minimum atomic E-state index is -0.543. The molecule has 1 aromatic carbocycles. The van der Waals surface area contributed by atoms with E-state index in [2.05, 4.69) is 14.9 Å². The fourth-order valence-electron chi connectivity index (χ4n) is 1.55. The fraction of sp³-hybridized carbons (Fsp3) is 0.231. The van der Waals surface area contributed by atoms with Crippen LogP contribution in [-0.4, -0.2) is 33.9 Å². The number of ketones is 1. The van der Waals surface area contributed by atoms with Crippen LogP contribution < -0.4 is 0 Å². The van der Waals surface area contributed by atoms with Gasteiger partial charge < -0.3 is 4.74 Å². The molecule has 0 bridgehead atoms. The van der Waals surface area contributed by atoms with Crippen LogP contribution in [0.3, 0.4) is 0 Å². The Morgan fingerprint density at radius 3 is 2.47 bits per heavy atom. The van der Waals surface area contributed by atoms with Gasteiger partial charge in [0.2, 0.25) is 0 Å². The van der Waals surface area contributed by atoms with Gasteiger partial charge in [-0.25, -0.2) is 0 Å². The average molecular weight is 259 g/mol. The summed E-state index contributed by atoms with van der Waals surface area (Å²) in [6.07, 6.45) is 1.39. The summed E-state index contributed by atoms with van der Waals surface area (Å²) < 4.78 is 4.45. The van der Waals surface area contributed by atoms with Crippen LogP contribution in [0, 0.1) is 6.92 Å². The number of esters is 1. The molecule has 0 radical (unpaired) electrons. The third-order valence-corrected chi connectivity index (χ3v) is 2.56. The van der Waals surface area contributed by atoms with E-state index in [1.807, 2.05) is 6.92 Å². The van der Waals surface area contributed by atoms with E-state index in [4.69, 9.17) is 0 Å². The molecule has 0 saturated carbocycles. The lowest BCUT2D eigenvalue weighted by molar-refractivity contribution is -0.139. The number of carbonyl (C=O) groups excluding carboxylic acids is 2. The van der Waals surface area contributed by atoms with Crippen molar-refractivity contribution < 1.29 is 14.3 Å². The molecule has 0 fully saturated rings. The number of methoxy groups -OCH3 is 1. The molecule has 1 heterocycles. The Kier molecular flexibility index (Phi) is 3.70. The molecule has 0 N–H and O–H groups in total. The minimum absolute atomic E-state index is 0.255. The molecule has 1 aromatic heterocycles. The van der Waals surface area contributed by atoms with Gasteiger partial charge in [0.15, 0.2) is 5.78 Å². The number of carbonyl (C=O) groups is 2. The van der Waals surface area contributed by atoms with Crippen molar-refractivity contribution >= 4 is 11.8 Å². The quantitative estimate of drug-likeness (QED) is 0.470. The van der Waals surface area contributed by atoms with Crippen molar-refractivity contribution in [2.75, 3.05) is 7.11 Å². The third-order valence-electron chi connectivity index (χ3n) is 2.56. The van der Waals surface area contributed by atoms with E-state index in [0.717, 1.165) is 11.4 Å². The second-order valence-corrected chi connectivity index (χ2v) is 4.00. The predicted molar refractivity (Wildman–Crippen MR) is 67.1 cm³/mol. The highest BCUT2D eigenvalue weighted by Crippen LogP contribution is 2.10. The second kappa shape index (κ2) is 5.43. The summed E-state index contributed by atoms with van der Waals surface area (Å²) in [5.41, 5.74) is 2.02. The van der Waals surface area contributed by atoms with Crippen molar-refractivity contribution in [3.8, 4) is 5.69 Å². The SMILES string of the molecule is COC(=O)CC(=O)c1ccc(-n2ncc(C)n2)cc1. The molecule has 0 unspecified atom stereocenters. The van der Waals surface area contributed by atoms with E-state index in [9.17, 15) is 9.59 Å². The van der Waals surface area contributed by atoms with E-state index in [-0.39, 0.29) is 12.2 Å². The van der Waals surface area contributed by atoms with E-state index >= 15 is 0 Å². The van der Waals surface area contributed by atoms with Crippen LogP contribution >= 0.6 is 0 Å². The number of nitrogens with zero attached hydrogens (tertiary/aromatic N) is 3. The Morgan fingerprint density at radius 1 is 1.26 bits per heavy atom. The number of aryl methyl sites for hydroxylation is 1. The first-order chi connectivity index (χ1) is 9.10. The van der Waals surface area contributed by atoms with Gasteiger partial charge in [0.25, 0.3) is 0 Å². The first kappa shape index (κ1) is 12.9. The molecule has 6 nitrogen and oxygen atoms in total. The molecule has 0 spiro atoms. The molecule has 2 rings (SSSR count). The van der Waals surface area contributed by atoms with Crippen molar-refractivity contribution in [3.63, 3.8) is 0 Å². The maximum absolute atomic E-state index is 11.7. The number of hydrogen-bond donors (Lipinski definition) is 0. The minimum Gasteiger partial charge on any atom is -0.469 e. The Labute approximate surface area is 110 Å². The Hall–Kier alpha value is -2.50. The van der Waals surface area contributed by atoms with Gasteiger partial charge in [0.05, 0.1) is 24.7 Å². The number of hydrogen-bond acceptors (Lipinski definition) is 5. The molecule has 2 aromatic rings. The van der Waals surface area contributed by atoms with Gasteiger partial charge in [-0.15, -0.1) is 0 Å². The lowest BCUT2D eigenvalue weighted by Gasteiger charge is -2.02. The summed E-state index contributed by atoms with van der Waals surface area (Å²) in [4.78, 5) is 24.2. The molecule has 0 aliphatic rings. The maximum Gasteiger partial charge on any atom is 0.313 e. The summed E-state index contributed by atoms with van der Waals surface area (Å²) in [6.45, 7) is 1.84. The van der Waals surface area contributed by atoms with Gasteiger partial charge in [0.1, 0.15) is 6.42 Å². The number of aromatic nitrogens is 3. The lowest BCUT2D eigenvalue weighted by atomic mass is 10.1. The van der Waals surface area contributed by atoms with Crippen LogP contribution in [0.2, 0.25) is 0 Å². The molecule has 98 valence electrons. The van der Waals surface area contributed by atoms with Gasteiger partial charge in [-0.1, -0.05) is 0 Å². The van der Waals surface area contributed by atoms with Gasteiger partial charge in [0, 0.05) is 5.56 Å². The van der Waals surface area contributed by atoms with E-state index in [1.165, 1.54) is 11.9 Å². The van der Waals surface area contributed by atoms with Crippen molar-refractivity contribution in [2.24, 2.45) is 0 Å². The summed E-state index contributed by atoms with van der Waals surface area (Å²) >= 11 is 0. The van der Waals surface area contributed by atoms with Crippen LogP contribution in [0.25, 0.3) is 5.69 Å². The summed E-state index contributed by atoms with van der Waals surface area (Å²) in [6, 6.07) is 6.73. The van der Waals surface area contributed by atoms with Crippen LogP contribution in [0.15, 0.2) is 30.5 Å². The van der Waals surface area contributed by atoms with Crippen LogP contribution in [0.5, 0.6) is 0 Å². The van der Waals surface area contributed by atoms with Crippen molar-refractivity contribution in [3.05, 3.63) is 41.7 Å². The zero-order chi connectivity index (χ0) is 13.8. The summed E-state index contributed by atoms with van der Waals surface area (Å²) in [5, 5.41) is 8.23. The molecular formula is C13H13N3O3. The molecule has 0 amide bonds. The number of rotatable bonds is 4. The zero-order valence-corrected chi connectivity index (χ0v) is 10.7. The number of benzene rings is 1. The van der Waals surface area contributed by atoms with Crippen molar-refractivity contribution in [1.29, 1.82) is 0 Å². The monoisotopic (exact) mass is 259 g/mol. The van der Waals surface area contributed by atoms with Crippen LogP contribution in [0.1, 0.15) is 22.5 Å². The third kappa shape index (κ3) is 3.04.